The predicted molar refractivity (Wildman–Crippen MR) is 121 cm³/mol. The third-order valence-electron chi connectivity index (χ3n) is 5.05. The van der Waals surface area contributed by atoms with Crippen LogP contribution in [-0.4, -0.2) is 37.6 Å². The smallest absolute Gasteiger partial charge is 0.339 e. The number of methoxy groups -OCH3 is 2. The number of aromatic nitrogens is 1. The molecular formula is C26H21NO5. The predicted octanol–water partition coefficient (Wildman–Crippen LogP) is 4.96. The lowest BCUT2D eigenvalue weighted by molar-refractivity contribution is 0.0476. The molecule has 4 rings (SSSR count). The maximum Gasteiger partial charge on any atom is 0.339 e. The fraction of sp³-hybridized carbons (Fsp3) is 0.115. The van der Waals surface area contributed by atoms with Gasteiger partial charge in [-0.15, -0.1) is 0 Å². The monoisotopic (exact) mass is 427 g/mol. The van der Waals surface area contributed by atoms with E-state index in [4.69, 9.17) is 19.2 Å². The molecule has 6 heteroatoms. The van der Waals surface area contributed by atoms with Gasteiger partial charge in [-0.1, -0.05) is 48.5 Å². The molecule has 0 saturated carbocycles. The van der Waals surface area contributed by atoms with E-state index in [1.165, 1.54) is 0 Å². The first kappa shape index (κ1) is 21.1. The standard InChI is InChI=1S/C26H21NO5/c1-30-24-13-12-18(14-25(24)31-2)22-15-20(19-10-6-7-11-21(19)27-22)26(29)32-16-23(28)17-8-4-3-5-9-17/h3-15H,16H2,1-2H3. The Balaban J connectivity index is 1.68. The van der Waals surface area contributed by atoms with Crippen LogP contribution in [0.5, 0.6) is 11.5 Å². The molecule has 0 N–H and O–H groups in total. The van der Waals surface area contributed by atoms with Crippen LogP contribution in [0.2, 0.25) is 0 Å². The summed E-state index contributed by atoms with van der Waals surface area (Å²) in [5, 5.41) is 0.647. The summed E-state index contributed by atoms with van der Waals surface area (Å²) in [5.41, 5.74) is 2.79. The highest BCUT2D eigenvalue weighted by Crippen LogP contribution is 2.33. The molecule has 0 saturated heterocycles. The van der Waals surface area contributed by atoms with Gasteiger partial charge in [0.05, 0.1) is 31.0 Å². The molecule has 0 bridgehead atoms. The summed E-state index contributed by atoms with van der Waals surface area (Å²) in [7, 11) is 3.12. The molecule has 0 aliphatic carbocycles. The Morgan fingerprint density at radius 2 is 1.53 bits per heavy atom. The van der Waals surface area contributed by atoms with E-state index in [9.17, 15) is 9.59 Å². The molecule has 0 spiro atoms. The molecule has 0 fully saturated rings. The molecule has 0 aliphatic rings. The Labute approximate surface area is 185 Å². The summed E-state index contributed by atoms with van der Waals surface area (Å²) in [4.78, 5) is 30.0. The van der Waals surface area contributed by atoms with Crippen molar-refractivity contribution in [1.29, 1.82) is 0 Å². The van der Waals surface area contributed by atoms with Crippen LogP contribution in [0.4, 0.5) is 0 Å². The van der Waals surface area contributed by atoms with Crippen LogP contribution in [0.3, 0.4) is 0 Å². The second kappa shape index (κ2) is 9.31. The normalized spacial score (nSPS) is 10.6. The van der Waals surface area contributed by atoms with E-state index in [0.29, 0.717) is 39.2 Å². The number of pyridine rings is 1. The van der Waals surface area contributed by atoms with Crippen molar-refractivity contribution < 1.29 is 23.8 Å². The summed E-state index contributed by atoms with van der Waals surface area (Å²) in [6.07, 6.45) is 0. The molecule has 0 aliphatic heterocycles. The van der Waals surface area contributed by atoms with Gasteiger partial charge in [0.15, 0.2) is 23.9 Å². The van der Waals surface area contributed by atoms with Gasteiger partial charge in [-0.05, 0) is 30.3 Å². The Kier molecular flexibility index (Phi) is 6.12. The molecule has 1 aromatic heterocycles. The number of rotatable bonds is 7. The Bertz CT molecular complexity index is 1280. The van der Waals surface area contributed by atoms with Crippen LogP contribution in [0.15, 0.2) is 78.9 Å². The van der Waals surface area contributed by atoms with Crippen LogP contribution in [0, 0.1) is 0 Å². The molecular weight excluding hydrogens is 406 g/mol. The van der Waals surface area contributed by atoms with E-state index in [0.717, 1.165) is 5.56 Å². The molecule has 32 heavy (non-hydrogen) atoms. The van der Waals surface area contributed by atoms with Gasteiger partial charge >= 0.3 is 5.97 Å². The third-order valence-corrected chi connectivity index (χ3v) is 5.05. The van der Waals surface area contributed by atoms with Crippen molar-refractivity contribution in [2.24, 2.45) is 0 Å². The van der Waals surface area contributed by atoms with Crippen molar-refractivity contribution >= 4 is 22.7 Å². The highest BCUT2D eigenvalue weighted by Gasteiger charge is 2.18. The number of Topliss-reactive ketones (excluding diaryl/α,β-unsaturated/α-hetero) is 1. The molecule has 0 radical (unpaired) electrons. The quantitative estimate of drug-likeness (QED) is 0.307. The minimum atomic E-state index is -0.588. The fourth-order valence-electron chi connectivity index (χ4n) is 3.40. The lowest BCUT2D eigenvalue weighted by Crippen LogP contribution is -2.14. The van der Waals surface area contributed by atoms with E-state index in [-0.39, 0.29) is 12.4 Å². The van der Waals surface area contributed by atoms with Crippen molar-refractivity contribution in [3.8, 4) is 22.8 Å². The number of carbonyl (C=O) groups excluding carboxylic acids is 2. The number of ketones is 1. The number of hydrogen-bond acceptors (Lipinski definition) is 6. The molecule has 4 aromatic rings. The highest BCUT2D eigenvalue weighted by molar-refractivity contribution is 6.06. The summed E-state index contributed by atoms with van der Waals surface area (Å²) in [6.45, 7) is -0.342. The Morgan fingerprint density at radius 1 is 0.812 bits per heavy atom. The number of hydrogen-bond donors (Lipinski definition) is 0. The zero-order valence-electron chi connectivity index (χ0n) is 17.7. The fourth-order valence-corrected chi connectivity index (χ4v) is 3.40. The summed E-state index contributed by atoms with van der Waals surface area (Å²) >= 11 is 0. The number of benzene rings is 3. The second-order valence-corrected chi connectivity index (χ2v) is 7.01. The largest absolute Gasteiger partial charge is 0.493 e. The molecule has 160 valence electrons. The third kappa shape index (κ3) is 4.30. The molecule has 6 nitrogen and oxygen atoms in total. The van der Waals surface area contributed by atoms with Crippen LogP contribution in [0.1, 0.15) is 20.7 Å². The number of carbonyl (C=O) groups is 2. The molecule has 0 amide bonds. The number of nitrogens with zero attached hydrogens (tertiary/aromatic N) is 1. The van der Waals surface area contributed by atoms with E-state index in [2.05, 4.69) is 0 Å². The van der Waals surface area contributed by atoms with Gasteiger partial charge in [-0.3, -0.25) is 4.79 Å². The van der Waals surface area contributed by atoms with Gasteiger partial charge in [-0.2, -0.15) is 0 Å². The highest BCUT2D eigenvalue weighted by atomic mass is 16.5. The van der Waals surface area contributed by atoms with Crippen LogP contribution >= 0.6 is 0 Å². The first-order valence-electron chi connectivity index (χ1n) is 9.98. The van der Waals surface area contributed by atoms with Gasteiger partial charge in [0.1, 0.15) is 0 Å². The lowest BCUT2D eigenvalue weighted by Gasteiger charge is -2.12. The number of ether oxygens (including phenoxy) is 3. The maximum absolute atomic E-state index is 13.0. The van der Waals surface area contributed by atoms with E-state index >= 15 is 0 Å². The Morgan fingerprint density at radius 3 is 2.28 bits per heavy atom. The molecule has 1 heterocycles. The lowest BCUT2D eigenvalue weighted by atomic mass is 10.0. The molecule has 0 atom stereocenters. The Hall–Kier alpha value is -4.19. The van der Waals surface area contributed by atoms with Gasteiger partial charge in [0, 0.05) is 16.5 Å². The number of para-hydroxylation sites is 1. The minimum absolute atomic E-state index is 0.266. The average molecular weight is 427 g/mol. The zero-order chi connectivity index (χ0) is 22.5. The van der Waals surface area contributed by atoms with Crippen LogP contribution in [0.25, 0.3) is 22.2 Å². The summed E-state index contributed by atoms with van der Waals surface area (Å²) in [5.74, 6) is 0.292. The zero-order valence-corrected chi connectivity index (χ0v) is 17.7. The van der Waals surface area contributed by atoms with Crippen molar-refractivity contribution in [2.75, 3.05) is 20.8 Å². The topological polar surface area (TPSA) is 74.7 Å². The first-order chi connectivity index (χ1) is 15.6. The second-order valence-electron chi connectivity index (χ2n) is 7.01. The van der Waals surface area contributed by atoms with Crippen molar-refractivity contribution in [2.45, 2.75) is 0 Å². The summed E-state index contributed by atoms with van der Waals surface area (Å²) < 4.78 is 16.1. The van der Waals surface area contributed by atoms with Gasteiger partial charge < -0.3 is 14.2 Å². The van der Waals surface area contributed by atoms with Crippen molar-refractivity contribution in [3.05, 3.63) is 90.0 Å². The molecule has 0 unspecified atom stereocenters. The van der Waals surface area contributed by atoms with Crippen LogP contribution < -0.4 is 9.47 Å². The van der Waals surface area contributed by atoms with Crippen molar-refractivity contribution in [1.82, 2.24) is 4.98 Å². The van der Waals surface area contributed by atoms with Crippen LogP contribution in [-0.2, 0) is 4.74 Å². The van der Waals surface area contributed by atoms with E-state index in [1.54, 1.807) is 62.8 Å². The van der Waals surface area contributed by atoms with E-state index in [1.807, 2.05) is 30.3 Å². The summed E-state index contributed by atoms with van der Waals surface area (Å²) in [6, 6.07) is 23.1. The van der Waals surface area contributed by atoms with Gasteiger partial charge in [0.2, 0.25) is 0 Å². The first-order valence-corrected chi connectivity index (χ1v) is 9.98. The maximum atomic E-state index is 13.0. The number of esters is 1. The average Bonchev–Trinajstić information content (AvgIpc) is 2.86. The number of fused-ring (bicyclic) bond motifs is 1. The van der Waals surface area contributed by atoms with Crippen molar-refractivity contribution in [3.63, 3.8) is 0 Å². The minimum Gasteiger partial charge on any atom is -0.493 e. The molecule has 3 aromatic carbocycles. The van der Waals surface area contributed by atoms with Gasteiger partial charge in [-0.25, -0.2) is 9.78 Å². The van der Waals surface area contributed by atoms with E-state index < -0.39 is 5.97 Å². The SMILES string of the molecule is COc1ccc(-c2cc(C(=O)OCC(=O)c3ccccc3)c3ccccc3n2)cc1OC. The van der Waals surface area contributed by atoms with Gasteiger partial charge in [0.25, 0.3) is 0 Å².